The normalized spacial score (nSPS) is 11.8. The lowest BCUT2D eigenvalue weighted by Crippen LogP contribution is -2.27. The lowest BCUT2D eigenvalue weighted by molar-refractivity contribution is 0.0934. The average Bonchev–Trinajstić information content (AvgIpc) is 3.09. The first-order valence-corrected chi connectivity index (χ1v) is 9.03. The molecule has 1 atom stereocenters. The van der Waals surface area contributed by atoms with Gasteiger partial charge in [-0.3, -0.25) is 4.79 Å². The molecular formula is C20H21ClN4O3. The Morgan fingerprint density at radius 3 is 2.43 bits per heavy atom. The second-order valence-electron chi connectivity index (χ2n) is 6.22. The first kappa shape index (κ1) is 19.7. The van der Waals surface area contributed by atoms with Crippen molar-refractivity contribution in [3.05, 3.63) is 64.4 Å². The summed E-state index contributed by atoms with van der Waals surface area (Å²) in [6.45, 7) is 3.68. The van der Waals surface area contributed by atoms with Gasteiger partial charge in [-0.2, -0.15) is 0 Å². The van der Waals surface area contributed by atoms with Gasteiger partial charge in [-0.25, -0.2) is 4.68 Å². The van der Waals surface area contributed by atoms with Crippen LogP contribution in [0.15, 0.2) is 42.5 Å². The summed E-state index contributed by atoms with van der Waals surface area (Å²) in [5.41, 5.74) is 2.57. The lowest BCUT2D eigenvalue weighted by Gasteiger charge is -2.16. The van der Waals surface area contributed by atoms with Crippen LogP contribution in [0.5, 0.6) is 11.5 Å². The first-order chi connectivity index (χ1) is 13.4. The topological polar surface area (TPSA) is 78.3 Å². The van der Waals surface area contributed by atoms with Crippen LogP contribution in [0.1, 0.15) is 34.7 Å². The molecule has 1 amide bonds. The van der Waals surface area contributed by atoms with Crippen molar-refractivity contribution in [2.24, 2.45) is 0 Å². The smallest absolute Gasteiger partial charge is 0.274 e. The van der Waals surface area contributed by atoms with Gasteiger partial charge in [0.25, 0.3) is 5.91 Å². The molecule has 1 heterocycles. The van der Waals surface area contributed by atoms with Crippen LogP contribution in [0.3, 0.4) is 0 Å². The number of methoxy groups -OCH3 is 2. The predicted octanol–water partition coefficient (Wildman–Crippen LogP) is 3.74. The van der Waals surface area contributed by atoms with E-state index in [9.17, 15) is 4.79 Å². The molecule has 3 rings (SSSR count). The van der Waals surface area contributed by atoms with E-state index in [1.54, 1.807) is 44.0 Å². The fraction of sp³-hybridized carbons (Fsp3) is 0.250. The number of benzene rings is 2. The van der Waals surface area contributed by atoms with Gasteiger partial charge in [-0.1, -0.05) is 22.9 Å². The van der Waals surface area contributed by atoms with Crippen LogP contribution in [0.4, 0.5) is 0 Å². The molecule has 0 aliphatic rings. The van der Waals surface area contributed by atoms with Gasteiger partial charge >= 0.3 is 0 Å². The molecule has 0 fully saturated rings. The summed E-state index contributed by atoms with van der Waals surface area (Å²) in [6.07, 6.45) is 0. The van der Waals surface area contributed by atoms with E-state index in [1.165, 1.54) is 0 Å². The number of nitrogens with one attached hydrogen (secondary N) is 1. The molecule has 0 aliphatic heterocycles. The summed E-state index contributed by atoms with van der Waals surface area (Å²) in [5.74, 6) is 0.928. The van der Waals surface area contributed by atoms with Crippen molar-refractivity contribution in [1.82, 2.24) is 20.3 Å². The fourth-order valence-electron chi connectivity index (χ4n) is 2.84. The van der Waals surface area contributed by atoms with Crippen molar-refractivity contribution < 1.29 is 14.3 Å². The molecular weight excluding hydrogens is 380 g/mol. The van der Waals surface area contributed by atoms with Crippen LogP contribution >= 0.6 is 11.6 Å². The number of hydrogen-bond donors (Lipinski definition) is 1. The SMILES string of the molecule is COc1ccc(C(C)NC(=O)c2nnn(-c3ccc(Cl)cc3)c2C)cc1OC. The number of hydrogen-bond acceptors (Lipinski definition) is 5. The van der Waals surface area contributed by atoms with Crippen molar-refractivity contribution in [3.63, 3.8) is 0 Å². The number of carbonyl (C=O) groups is 1. The second kappa shape index (κ2) is 8.31. The first-order valence-electron chi connectivity index (χ1n) is 8.65. The van der Waals surface area contributed by atoms with Gasteiger partial charge in [-0.15, -0.1) is 5.10 Å². The minimum atomic E-state index is -0.306. The summed E-state index contributed by atoms with van der Waals surface area (Å²) in [5, 5.41) is 11.7. The number of ether oxygens (including phenoxy) is 2. The summed E-state index contributed by atoms with van der Waals surface area (Å²) in [7, 11) is 3.15. The van der Waals surface area contributed by atoms with Crippen molar-refractivity contribution in [1.29, 1.82) is 0 Å². The molecule has 1 unspecified atom stereocenters. The Morgan fingerprint density at radius 2 is 1.79 bits per heavy atom. The summed E-state index contributed by atoms with van der Waals surface area (Å²) < 4.78 is 12.2. The van der Waals surface area contributed by atoms with Crippen LogP contribution in [-0.2, 0) is 0 Å². The molecule has 1 aromatic heterocycles. The van der Waals surface area contributed by atoms with Crippen LogP contribution in [-0.4, -0.2) is 35.1 Å². The molecule has 0 radical (unpaired) electrons. The van der Waals surface area contributed by atoms with Crippen LogP contribution in [0.2, 0.25) is 5.02 Å². The third-order valence-electron chi connectivity index (χ3n) is 4.44. The third kappa shape index (κ3) is 3.94. The highest BCUT2D eigenvalue weighted by Crippen LogP contribution is 2.30. The quantitative estimate of drug-likeness (QED) is 0.682. The van der Waals surface area contributed by atoms with Crippen molar-refractivity contribution in [2.45, 2.75) is 19.9 Å². The van der Waals surface area contributed by atoms with Gasteiger partial charge < -0.3 is 14.8 Å². The molecule has 1 N–H and O–H groups in total. The van der Waals surface area contributed by atoms with Crippen LogP contribution in [0, 0.1) is 6.92 Å². The number of amides is 1. The molecule has 28 heavy (non-hydrogen) atoms. The van der Waals surface area contributed by atoms with Gasteiger partial charge in [0.15, 0.2) is 17.2 Å². The molecule has 7 nitrogen and oxygen atoms in total. The Balaban J connectivity index is 1.79. The highest BCUT2D eigenvalue weighted by atomic mass is 35.5. The molecule has 8 heteroatoms. The molecule has 0 bridgehead atoms. The van der Waals surface area contributed by atoms with Crippen LogP contribution < -0.4 is 14.8 Å². The van der Waals surface area contributed by atoms with E-state index >= 15 is 0 Å². The molecule has 3 aromatic rings. The maximum atomic E-state index is 12.7. The zero-order valence-corrected chi connectivity index (χ0v) is 16.8. The summed E-state index contributed by atoms with van der Waals surface area (Å²) in [6, 6.07) is 12.4. The Morgan fingerprint density at radius 1 is 1.11 bits per heavy atom. The lowest BCUT2D eigenvalue weighted by atomic mass is 10.1. The van der Waals surface area contributed by atoms with E-state index in [0.717, 1.165) is 11.3 Å². The van der Waals surface area contributed by atoms with Gasteiger partial charge in [-0.05, 0) is 55.8 Å². The molecule has 146 valence electrons. The molecule has 2 aromatic carbocycles. The van der Waals surface area contributed by atoms with Crippen molar-refractivity contribution in [3.8, 4) is 17.2 Å². The highest BCUT2D eigenvalue weighted by molar-refractivity contribution is 6.30. The maximum absolute atomic E-state index is 12.7. The summed E-state index contributed by atoms with van der Waals surface area (Å²) >= 11 is 5.92. The number of aromatic nitrogens is 3. The maximum Gasteiger partial charge on any atom is 0.274 e. The van der Waals surface area contributed by atoms with E-state index in [4.69, 9.17) is 21.1 Å². The highest BCUT2D eigenvalue weighted by Gasteiger charge is 2.20. The van der Waals surface area contributed by atoms with E-state index < -0.39 is 0 Å². The minimum absolute atomic E-state index is 0.257. The van der Waals surface area contributed by atoms with E-state index in [2.05, 4.69) is 15.6 Å². The second-order valence-corrected chi connectivity index (χ2v) is 6.66. The van der Waals surface area contributed by atoms with Gasteiger partial charge in [0.2, 0.25) is 0 Å². The standard InChI is InChI=1S/C20H21ClN4O3/c1-12(14-5-10-17(27-3)18(11-14)28-4)22-20(26)19-13(2)25(24-23-19)16-8-6-15(21)7-9-16/h5-12H,1-4H3,(H,22,26). The van der Waals surface area contributed by atoms with Crippen LogP contribution in [0.25, 0.3) is 5.69 Å². The average molecular weight is 401 g/mol. The zero-order valence-electron chi connectivity index (χ0n) is 16.1. The Kier molecular flexibility index (Phi) is 5.84. The fourth-order valence-corrected chi connectivity index (χ4v) is 2.96. The molecule has 0 aliphatic carbocycles. The van der Waals surface area contributed by atoms with E-state index in [1.807, 2.05) is 31.2 Å². The van der Waals surface area contributed by atoms with Crippen molar-refractivity contribution in [2.75, 3.05) is 14.2 Å². The number of carbonyl (C=O) groups excluding carboxylic acids is 1. The van der Waals surface area contributed by atoms with Gasteiger partial charge in [0, 0.05) is 5.02 Å². The minimum Gasteiger partial charge on any atom is -0.493 e. The predicted molar refractivity (Wildman–Crippen MR) is 107 cm³/mol. The number of rotatable bonds is 6. The largest absolute Gasteiger partial charge is 0.493 e. The van der Waals surface area contributed by atoms with Crippen molar-refractivity contribution >= 4 is 17.5 Å². The van der Waals surface area contributed by atoms with E-state index in [0.29, 0.717) is 22.2 Å². The Hall–Kier alpha value is -3.06. The monoisotopic (exact) mass is 400 g/mol. The number of halogens is 1. The van der Waals surface area contributed by atoms with Gasteiger partial charge in [0.1, 0.15) is 0 Å². The number of nitrogens with zero attached hydrogens (tertiary/aromatic N) is 3. The molecule has 0 saturated heterocycles. The Labute approximate surface area is 168 Å². The van der Waals surface area contributed by atoms with Gasteiger partial charge in [0.05, 0.1) is 31.6 Å². The Bertz CT molecular complexity index is 986. The summed E-state index contributed by atoms with van der Waals surface area (Å²) in [4.78, 5) is 12.7. The van der Waals surface area contributed by atoms with E-state index in [-0.39, 0.29) is 17.6 Å². The molecule has 0 saturated carbocycles. The zero-order chi connectivity index (χ0) is 20.3. The molecule has 0 spiro atoms. The third-order valence-corrected chi connectivity index (χ3v) is 4.69.